The molecule has 0 aromatic carbocycles. The molecule has 2 heteroatoms. The first-order valence-corrected chi connectivity index (χ1v) is 1.69. The number of fused-ring (bicyclic) bond motifs is 1. The molecule has 1 saturated heterocycles. The Balaban J connectivity index is 2.58. The minimum absolute atomic E-state index is 0.593. The summed E-state index contributed by atoms with van der Waals surface area (Å²) in [6, 6.07) is 0. The summed E-state index contributed by atoms with van der Waals surface area (Å²) in [4.78, 5) is 0. The van der Waals surface area contributed by atoms with Crippen molar-refractivity contribution in [2.75, 3.05) is 0 Å². The van der Waals surface area contributed by atoms with Gasteiger partial charge >= 0.3 is 0 Å². The van der Waals surface area contributed by atoms with Crippen LogP contribution in [-0.2, 0) is 0 Å². The first-order valence-electron chi connectivity index (χ1n) is 1.69. The van der Waals surface area contributed by atoms with Crippen LogP contribution < -0.4 is 10.6 Å². The summed E-state index contributed by atoms with van der Waals surface area (Å²) in [5.41, 5.74) is 1.37. The van der Waals surface area contributed by atoms with E-state index in [0.29, 0.717) is 6.17 Å². The Morgan fingerprint density at radius 3 is 2.60 bits per heavy atom. The van der Waals surface area contributed by atoms with Crippen LogP contribution in [0.4, 0.5) is 0 Å². The lowest BCUT2D eigenvalue weighted by atomic mass is 10.5. The van der Waals surface area contributed by atoms with Crippen LogP contribution in [0.3, 0.4) is 0 Å². The van der Waals surface area contributed by atoms with Gasteiger partial charge in [0.25, 0.3) is 0 Å². The van der Waals surface area contributed by atoms with E-state index in [1.165, 1.54) is 5.70 Å². The highest BCUT2D eigenvalue weighted by atomic mass is 15.3. The molecule has 2 heterocycles. The smallest absolute Gasteiger partial charge is 0.139 e. The molecular weight excluding hydrogens is 64.0 g/mol. The van der Waals surface area contributed by atoms with E-state index >= 15 is 0 Å². The molecule has 0 aromatic rings. The summed E-state index contributed by atoms with van der Waals surface area (Å²) in [5.74, 6) is 0. The first-order chi connectivity index (χ1) is 2.47. The van der Waals surface area contributed by atoms with Crippen molar-refractivity contribution in [3.05, 3.63) is 11.9 Å². The summed E-state index contributed by atoms with van der Waals surface area (Å²) in [7, 11) is 0. The maximum absolute atomic E-state index is 3.06. The van der Waals surface area contributed by atoms with E-state index < -0.39 is 0 Å². The van der Waals surface area contributed by atoms with Gasteiger partial charge in [0.2, 0.25) is 0 Å². The van der Waals surface area contributed by atoms with Gasteiger partial charge in [-0.1, -0.05) is 0 Å². The van der Waals surface area contributed by atoms with Crippen LogP contribution in [-0.4, -0.2) is 6.17 Å². The molecule has 0 aromatic heterocycles. The summed E-state index contributed by atoms with van der Waals surface area (Å²) in [6.07, 6.45) is 2.57. The Morgan fingerprint density at radius 1 is 1.80 bits per heavy atom. The topological polar surface area (TPSA) is 34.0 Å². The molecule has 2 aliphatic rings. The minimum atomic E-state index is 0.593. The second kappa shape index (κ2) is 0.263. The van der Waals surface area contributed by atoms with Gasteiger partial charge in [0.1, 0.15) is 6.17 Å². The second-order valence-corrected chi connectivity index (χ2v) is 1.34. The summed E-state index contributed by atoms with van der Waals surface area (Å²) in [5, 5.41) is 6.06. The average molecular weight is 68.1 g/mol. The second-order valence-electron chi connectivity index (χ2n) is 1.34. The number of hydrogen-bond acceptors (Lipinski definition) is 2. The molecule has 0 saturated carbocycles. The molecule has 0 spiro atoms. The molecule has 0 radical (unpaired) electrons. The van der Waals surface area contributed by atoms with E-state index in [1.54, 1.807) is 0 Å². The van der Waals surface area contributed by atoms with Gasteiger partial charge in [0, 0.05) is 6.20 Å². The van der Waals surface area contributed by atoms with Gasteiger partial charge in [-0.3, -0.25) is 0 Å². The van der Waals surface area contributed by atoms with Crippen molar-refractivity contribution in [1.29, 1.82) is 0 Å². The van der Waals surface area contributed by atoms with E-state index in [9.17, 15) is 0 Å². The zero-order chi connectivity index (χ0) is 3.28. The van der Waals surface area contributed by atoms with Crippen molar-refractivity contribution < 1.29 is 0 Å². The highest BCUT2D eigenvalue weighted by Crippen LogP contribution is 2.18. The van der Waals surface area contributed by atoms with Gasteiger partial charge in [-0.05, 0) is 0 Å². The molecule has 0 aliphatic carbocycles. The Labute approximate surface area is 29.9 Å². The lowest BCUT2D eigenvalue weighted by Crippen LogP contribution is -2.16. The van der Waals surface area contributed by atoms with E-state index in [0.717, 1.165) is 0 Å². The third kappa shape index (κ3) is 0.0561. The fraction of sp³-hybridized carbons (Fsp3) is 0.333. The number of hydrogen-bond donors (Lipinski definition) is 2. The van der Waals surface area contributed by atoms with Crippen molar-refractivity contribution in [2.24, 2.45) is 0 Å². The van der Waals surface area contributed by atoms with Crippen LogP contribution in [0.1, 0.15) is 0 Å². The lowest BCUT2D eigenvalue weighted by Gasteiger charge is -1.94. The zero-order valence-electron chi connectivity index (χ0n) is 2.65. The largest absolute Gasteiger partial charge is 0.365 e. The van der Waals surface area contributed by atoms with Crippen molar-refractivity contribution in [1.82, 2.24) is 10.6 Å². The molecule has 0 bridgehead atoms. The minimum Gasteiger partial charge on any atom is -0.365 e. The zero-order valence-corrected chi connectivity index (χ0v) is 2.65. The number of nitrogens with one attached hydrogen (secondary N) is 2. The maximum Gasteiger partial charge on any atom is 0.139 e. The van der Waals surface area contributed by atoms with Gasteiger partial charge in [-0.2, -0.15) is 0 Å². The SMILES string of the molecule is C1=C2NC2N1. The van der Waals surface area contributed by atoms with E-state index in [4.69, 9.17) is 0 Å². The maximum atomic E-state index is 3.06. The van der Waals surface area contributed by atoms with Crippen molar-refractivity contribution in [3.63, 3.8) is 0 Å². The number of rotatable bonds is 0. The Kier molecular flexibility index (Phi) is 0.0893. The normalized spacial score (nSPS) is 38.4. The van der Waals surface area contributed by atoms with Gasteiger partial charge in [0.05, 0.1) is 5.70 Å². The monoisotopic (exact) mass is 68.0 g/mol. The first kappa shape index (κ1) is 1.70. The van der Waals surface area contributed by atoms with Crippen LogP contribution in [0.5, 0.6) is 0 Å². The highest BCUT2D eigenvalue weighted by molar-refractivity contribution is 5.32. The van der Waals surface area contributed by atoms with Crippen LogP contribution >= 0.6 is 0 Å². The summed E-state index contributed by atoms with van der Waals surface area (Å²) < 4.78 is 0. The molecule has 2 nitrogen and oxygen atoms in total. The average Bonchev–Trinajstić information content (AvgIpc) is 1.74. The molecule has 1 unspecified atom stereocenters. The Morgan fingerprint density at radius 2 is 2.60 bits per heavy atom. The standard InChI is InChI=1S/C3H4N2/c1-2-3(4-1)5-2/h1,3-5H. The van der Waals surface area contributed by atoms with Gasteiger partial charge in [-0.15, -0.1) is 0 Å². The Hall–Kier alpha value is -0.660. The predicted octanol–water partition coefficient (Wildman–Crippen LogP) is -0.640. The molecule has 1 fully saturated rings. The molecule has 0 amide bonds. The van der Waals surface area contributed by atoms with Crippen LogP contribution in [0.2, 0.25) is 0 Å². The fourth-order valence-corrected chi connectivity index (χ4v) is 0.458. The summed E-state index contributed by atoms with van der Waals surface area (Å²) >= 11 is 0. The molecule has 1 atom stereocenters. The molecular formula is C3H4N2. The quantitative estimate of drug-likeness (QED) is 0.370. The van der Waals surface area contributed by atoms with Gasteiger partial charge in [0.15, 0.2) is 0 Å². The molecule has 2 rings (SSSR count). The predicted molar refractivity (Wildman–Crippen MR) is 18.1 cm³/mol. The van der Waals surface area contributed by atoms with Crippen molar-refractivity contribution in [3.8, 4) is 0 Å². The Bertz CT molecular complexity index is 93.1. The molecule has 26 valence electrons. The summed E-state index contributed by atoms with van der Waals surface area (Å²) in [6.45, 7) is 0. The molecule has 2 N–H and O–H groups in total. The van der Waals surface area contributed by atoms with Crippen molar-refractivity contribution in [2.45, 2.75) is 6.17 Å². The highest BCUT2D eigenvalue weighted by Gasteiger charge is 2.34. The van der Waals surface area contributed by atoms with Crippen molar-refractivity contribution >= 4 is 0 Å². The third-order valence-electron chi connectivity index (χ3n) is 0.944. The molecule has 5 heavy (non-hydrogen) atoms. The third-order valence-corrected chi connectivity index (χ3v) is 0.944. The molecule has 2 aliphatic heterocycles. The lowest BCUT2D eigenvalue weighted by molar-refractivity contribution is 0.817. The van der Waals surface area contributed by atoms with E-state index in [-0.39, 0.29) is 0 Å². The van der Waals surface area contributed by atoms with E-state index in [2.05, 4.69) is 10.6 Å². The van der Waals surface area contributed by atoms with Gasteiger partial charge in [-0.25, -0.2) is 0 Å². The van der Waals surface area contributed by atoms with Crippen LogP contribution in [0.15, 0.2) is 11.9 Å². The van der Waals surface area contributed by atoms with Gasteiger partial charge < -0.3 is 10.6 Å². The fourth-order valence-electron chi connectivity index (χ4n) is 0.458. The van der Waals surface area contributed by atoms with Crippen LogP contribution in [0, 0.1) is 0 Å². The van der Waals surface area contributed by atoms with Crippen LogP contribution in [0.25, 0.3) is 0 Å². The van der Waals surface area contributed by atoms with E-state index in [1.807, 2.05) is 6.20 Å².